The van der Waals surface area contributed by atoms with E-state index < -0.39 is 0 Å². The monoisotopic (exact) mass is 520 g/mol. The molecule has 0 aromatic heterocycles. The molecule has 1 aliphatic rings. The molecule has 39 heavy (non-hydrogen) atoms. The molecule has 0 spiro atoms. The van der Waals surface area contributed by atoms with Crippen LogP contribution in [0.1, 0.15) is 29.8 Å². The summed E-state index contributed by atoms with van der Waals surface area (Å²) in [5.74, 6) is 1.19. The number of allylic oxidation sites excluding steroid dienone is 6. The Labute approximate surface area is 229 Å². The van der Waals surface area contributed by atoms with Gasteiger partial charge in [0.05, 0.1) is 18.5 Å². The normalized spacial score (nSPS) is 14.1. The third kappa shape index (κ3) is 7.26. The number of methoxy groups -OCH3 is 1. The summed E-state index contributed by atoms with van der Waals surface area (Å²) < 4.78 is 5.48. The van der Waals surface area contributed by atoms with Crippen LogP contribution in [0.15, 0.2) is 120 Å². The van der Waals surface area contributed by atoms with Gasteiger partial charge in [0.1, 0.15) is 17.3 Å². The third-order valence-electron chi connectivity index (χ3n) is 6.03. The van der Waals surface area contributed by atoms with Gasteiger partial charge < -0.3 is 25.8 Å². The Kier molecular flexibility index (Phi) is 8.64. The Bertz CT molecular complexity index is 1480. The number of anilines is 3. The van der Waals surface area contributed by atoms with Crippen molar-refractivity contribution in [2.45, 2.75) is 20.3 Å². The predicted octanol–water partition coefficient (Wildman–Crippen LogP) is 7.05. The molecule has 7 nitrogen and oxygen atoms in total. The van der Waals surface area contributed by atoms with E-state index in [0.29, 0.717) is 17.1 Å². The minimum atomic E-state index is -0.277. The number of nitrogens with one attached hydrogen (secondary N) is 3. The Morgan fingerprint density at radius 3 is 2.33 bits per heavy atom. The summed E-state index contributed by atoms with van der Waals surface area (Å²) in [5.41, 5.74) is 6.14. The lowest BCUT2D eigenvalue weighted by Gasteiger charge is -2.17. The van der Waals surface area contributed by atoms with Gasteiger partial charge in [-0.2, -0.15) is 0 Å². The smallest absolute Gasteiger partial charge is 0.255 e. The van der Waals surface area contributed by atoms with Crippen molar-refractivity contribution in [1.82, 2.24) is 0 Å². The molecule has 198 valence electrons. The van der Waals surface area contributed by atoms with Crippen LogP contribution in [0.3, 0.4) is 0 Å². The second-order valence-electron chi connectivity index (χ2n) is 8.97. The Balaban J connectivity index is 1.64. The van der Waals surface area contributed by atoms with Crippen LogP contribution in [-0.4, -0.2) is 23.8 Å². The zero-order valence-electron chi connectivity index (χ0n) is 22.3. The number of hydrogen-bond acceptors (Lipinski definition) is 6. The summed E-state index contributed by atoms with van der Waals surface area (Å²) in [6.45, 7) is 8.15. The fourth-order valence-corrected chi connectivity index (χ4v) is 3.90. The highest BCUT2D eigenvalue weighted by Gasteiger charge is 2.11. The average Bonchev–Trinajstić information content (AvgIpc) is 2.94. The van der Waals surface area contributed by atoms with Gasteiger partial charge in [0, 0.05) is 28.7 Å². The lowest BCUT2D eigenvalue weighted by atomic mass is 10.1. The number of carbonyl (C=O) groups is 1. The number of aromatic hydroxyl groups is 1. The second kappa shape index (κ2) is 12.5. The van der Waals surface area contributed by atoms with Gasteiger partial charge in [-0.3, -0.25) is 4.79 Å². The maximum absolute atomic E-state index is 12.7. The maximum Gasteiger partial charge on any atom is 0.255 e. The van der Waals surface area contributed by atoms with E-state index >= 15 is 0 Å². The molecular formula is C32H32N4O3. The SMILES string of the molecule is C=C1C=CC=C/C1=N/C(Nc1cccc(NC(=O)c2ccc(O)cc2)c1)=C(\C)Nc1cc(CC)cc(OC)c1. The number of phenolic OH excluding ortho intramolecular Hbond substituents is 1. The summed E-state index contributed by atoms with van der Waals surface area (Å²) >= 11 is 0. The number of carbonyl (C=O) groups excluding carboxylic acids is 1. The summed E-state index contributed by atoms with van der Waals surface area (Å²) in [5, 5.41) is 19.2. The highest BCUT2D eigenvalue weighted by molar-refractivity contribution is 6.11. The van der Waals surface area contributed by atoms with Crippen molar-refractivity contribution in [3.8, 4) is 11.5 Å². The summed E-state index contributed by atoms with van der Waals surface area (Å²) in [6, 6.07) is 19.5. The van der Waals surface area contributed by atoms with Gasteiger partial charge in [-0.05, 0) is 85.2 Å². The number of rotatable bonds is 9. The molecule has 0 radical (unpaired) electrons. The van der Waals surface area contributed by atoms with Crippen molar-refractivity contribution in [2.24, 2.45) is 4.99 Å². The minimum Gasteiger partial charge on any atom is -0.508 e. The molecule has 0 saturated carbocycles. The number of benzene rings is 3. The molecule has 0 atom stereocenters. The molecule has 0 heterocycles. The maximum atomic E-state index is 12.7. The Morgan fingerprint density at radius 1 is 0.923 bits per heavy atom. The number of phenols is 1. The van der Waals surface area contributed by atoms with Crippen molar-refractivity contribution in [3.05, 3.63) is 126 Å². The van der Waals surface area contributed by atoms with Gasteiger partial charge in [0.15, 0.2) is 0 Å². The zero-order chi connectivity index (χ0) is 27.8. The second-order valence-corrected chi connectivity index (χ2v) is 8.97. The predicted molar refractivity (Wildman–Crippen MR) is 160 cm³/mol. The van der Waals surface area contributed by atoms with E-state index in [4.69, 9.17) is 9.73 Å². The average molecular weight is 521 g/mol. The fraction of sp³-hybridized carbons (Fsp3) is 0.125. The molecule has 4 N–H and O–H groups in total. The van der Waals surface area contributed by atoms with E-state index in [0.717, 1.165) is 46.1 Å². The van der Waals surface area contributed by atoms with Gasteiger partial charge in [0.25, 0.3) is 5.91 Å². The molecule has 1 amide bonds. The first kappa shape index (κ1) is 27.0. The van der Waals surface area contributed by atoms with Crippen LogP contribution < -0.4 is 20.7 Å². The summed E-state index contributed by atoms with van der Waals surface area (Å²) in [7, 11) is 1.65. The van der Waals surface area contributed by atoms with Crippen molar-refractivity contribution < 1.29 is 14.6 Å². The lowest BCUT2D eigenvalue weighted by molar-refractivity contribution is 0.102. The van der Waals surface area contributed by atoms with Gasteiger partial charge in [-0.25, -0.2) is 4.99 Å². The van der Waals surface area contributed by atoms with Gasteiger partial charge >= 0.3 is 0 Å². The molecular weight excluding hydrogens is 488 g/mol. The molecule has 0 fully saturated rings. The number of ether oxygens (including phenoxy) is 1. The molecule has 3 aromatic carbocycles. The summed E-state index contributed by atoms with van der Waals surface area (Å²) in [6.07, 6.45) is 8.54. The van der Waals surface area contributed by atoms with Crippen molar-refractivity contribution in [1.29, 1.82) is 0 Å². The minimum absolute atomic E-state index is 0.105. The van der Waals surface area contributed by atoms with E-state index in [1.165, 1.54) is 12.1 Å². The van der Waals surface area contributed by atoms with Crippen LogP contribution in [-0.2, 0) is 6.42 Å². The fourth-order valence-electron chi connectivity index (χ4n) is 3.90. The topological polar surface area (TPSA) is 95.0 Å². The molecule has 0 bridgehead atoms. The Hall–Kier alpha value is -5.04. The van der Waals surface area contributed by atoms with Crippen molar-refractivity contribution >= 4 is 28.7 Å². The highest BCUT2D eigenvalue weighted by Crippen LogP contribution is 2.25. The molecule has 0 saturated heterocycles. The third-order valence-corrected chi connectivity index (χ3v) is 6.03. The van der Waals surface area contributed by atoms with Crippen molar-refractivity contribution in [2.75, 3.05) is 23.1 Å². The van der Waals surface area contributed by atoms with E-state index in [-0.39, 0.29) is 11.7 Å². The largest absolute Gasteiger partial charge is 0.508 e. The van der Waals surface area contributed by atoms with E-state index in [2.05, 4.69) is 35.5 Å². The molecule has 7 heteroatoms. The van der Waals surface area contributed by atoms with Crippen LogP contribution in [0.4, 0.5) is 17.1 Å². The van der Waals surface area contributed by atoms with Gasteiger partial charge in [-0.15, -0.1) is 0 Å². The van der Waals surface area contributed by atoms with Gasteiger partial charge in [-0.1, -0.05) is 37.8 Å². The zero-order valence-corrected chi connectivity index (χ0v) is 22.3. The highest BCUT2D eigenvalue weighted by atomic mass is 16.5. The standard InChI is InChI=1S/C32H32N4O3/c1-5-23-17-27(20-29(18-23)39-4)33-22(3)31(36-30-12-7-6-9-21(30)2)34-25-10-8-11-26(19-25)35-32(38)24-13-15-28(37)16-14-24/h6-20,33-34,37H,2,5H2,1,3-4H3,(H,35,38)/b31-22+,36-30-. The van der Waals surface area contributed by atoms with Crippen LogP contribution in [0.2, 0.25) is 0 Å². The van der Waals surface area contributed by atoms with E-state index in [1.54, 1.807) is 19.2 Å². The number of hydrogen-bond donors (Lipinski definition) is 4. The molecule has 3 aromatic rings. The van der Waals surface area contributed by atoms with Gasteiger partial charge in [0.2, 0.25) is 0 Å². The first-order valence-electron chi connectivity index (χ1n) is 12.6. The van der Waals surface area contributed by atoms with Crippen LogP contribution in [0.25, 0.3) is 0 Å². The first-order chi connectivity index (χ1) is 18.8. The number of nitrogens with zero attached hydrogens (tertiary/aromatic N) is 1. The van der Waals surface area contributed by atoms with Crippen LogP contribution in [0, 0.1) is 0 Å². The Morgan fingerprint density at radius 2 is 1.64 bits per heavy atom. The number of aliphatic imine (C=N–C) groups is 1. The van der Waals surface area contributed by atoms with E-state index in [1.807, 2.05) is 67.6 Å². The van der Waals surface area contributed by atoms with Crippen LogP contribution in [0.5, 0.6) is 11.5 Å². The molecule has 0 aliphatic heterocycles. The molecule has 4 rings (SSSR count). The van der Waals surface area contributed by atoms with Crippen LogP contribution >= 0.6 is 0 Å². The van der Waals surface area contributed by atoms with Crippen molar-refractivity contribution in [3.63, 3.8) is 0 Å². The first-order valence-corrected chi connectivity index (χ1v) is 12.6. The number of amides is 1. The molecule has 1 aliphatic carbocycles. The van der Waals surface area contributed by atoms with E-state index in [9.17, 15) is 9.90 Å². The lowest BCUT2D eigenvalue weighted by Crippen LogP contribution is -2.12. The number of aryl methyl sites for hydroxylation is 1. The summed E-state index contributed by atoms with van der Waals surface area (Å²) in [4.78, 5) is 17.6. The molecule has 0 unspecified atom stereocenters. The quantitative estimate of drug-likeness (QED) is 0.242.